The first-order valence-electron chi connectivity index (χ1n) is 6.54. The standard InChI is InChI=1S/C14H19NO2S/c1-4-10-13(3)14(12-8-6-5-7-9-12)11(2)15(14)18(16)17-13/h5-9,11H,4,10H2,1-3H3/t11-,13+,14-,15?,18?/m0/s1. The summed E-state index contributed by atoms with van der Waals surface area (Å²) in [5, 5.41) is 0. The van der Waals surface area contributed by atoms with E-state index >= 15 is 0 Å². The molecular formula is C14H19NO2S. The zero-order valence-corrected chi connectivity index (χ0v) is 11.9. The van der Waals surface area contributed by atoms with Gasteiger partial charge in [-0.05, 0) is 25.8 Å². The fraction of sp³-hybridized carbons (Fsp3) is 0.571. The predicted molar refractivity (Wildman–Crippen MR) is 72.0 cm³/mol. The normalized spacial score (nSPS) is 45.8. The molecule has 4 heteroatoms. The van der Waals surface area contributed by atoms with Crippen LogP contribution >= 0.6 is 0 Å². The van der Waals surface area contributed by atoms with Gasteiger partial charge in [-0.25, -0.2) is 4.21 Å². The molecule has 2 aliphatic heterocycles. The van der Waals surface area contributed by atoms with E-state index in [1.54, 1.807) is 0 Å². The minimum Gasteiger partial charge on any atom is -0.269 e. The highest BCUT2D eigenvalue weighted by molar-refractivity contribution is 7.78. The van der Waals surface area contributed by atoms with E-state index in [1.807, 2.05) is 22.5 Å². The van der Waals surface area contributed by atoms with Crippen LogP contribution in [0.4, 0.5) is 0 Å². The summed E-state index contributed by atoms with van der Waals surface area (Å²) in [6.07, 6.45) is 1.96. The Morgan fingerprint density at radius 2 is 2.06 bits per heavy atom. The molecule has 2 saturated heterocycles. The Morgan fingerprint density at radius 3 is 2.61 bits per heavy atom. The molecule has 1 aromatic rings. The molecule has 2 aliphatic rings. The van der Waals surface area contributed by atoms with Crippen LogP contribution in [0.5, 0.6) is 0 Å². The molecule has 0 bridgehead atoms. The minimum absolute atomic E-state index is 0.199. The molecule has 0 aliphatic carbocycles. The summed E-state index contributed by atoms with van der Waals surface area (Å²) in [6, 6.07) is 10.6. The molecule has 3 rings (SSSR count). The third-order valence-electron chi connectivity index (χ3n) is 4.40. The van der Waals surface area contributed by atoms with Gasteiger partial charge in [-0.2, -0.15) is 4.31 Å². The molecule has 0 radical (unpaired) electrons. The van der Waals surface area contributed by atoms with Crippen LogP contribution in [0, 0.1) is 0 Å². The molecule has 98 valence electrons. The molecular weight excluding hydrogens is 246 g/mol. The van der Waals surface area contributed by atoms with Gasteiger partial charge in [0.05, 0.1) is 0 Å². The summed E-state index contributed by atoms with van der Waals surface area (Å²) in [6.45, 7) is 6.39. The summed E-state index contributed by atoms with van der Waals surface area (Å²) in [5.41, 5.74) is 0.669. The smallest absolute Gasteiger partial charge is 0.239 e. The Kier molecular flexibility index (Phi) is 2.66. The molecule has 2 unspecified atom stereocenters. The van der Waals surface area contributed by atoms with E-state index in [9.17, 15) is 4.21 Å². The van der Waals surface area contributed by atoms with E-state index in [4.69, 9.17) is 4.18 Å². The van der Waals surface area contributed by atoms with E-state index in [-0.39, 0.29) is 17.2 Å². The van der Waals surface area contributed by atoms with Gasteiger partial charge in [0.2, 0.25) is 11.3 Å². The van der Waals surface area contributed by atoms with Crippen LogP contribution in [0.25, 0.3) is 0 Å². The quantitative estimate of drug-likeness (QED) is 0.786. The number of nitrogens with zero attached hydrogens (tertiary/aromatic N) is 1. The average Bonchev–Trinajstić information content (AvgIpc) is 2.90. The monoisotopic (exact) mass is 265 g/mol. The summed E-state index contributed by atoms with van der Waals surface area (Å²) in [5.74, 6) is 0. The van der Waals surface area contributed by atoms with Crippen molar-refractivity contribution in [2.24, 2.45) is 0 Å². The topological polar surface area (TPSA) is 29.3 Å². The summed E-state index contributed by atoms with van der Waals surface area (Å²) < 4.78 is 19.9. The van der Waals surface area contributed by atoms with Crippen LogP contribution < -0.4 is 0 Å². The van der Waals surface area contributed by atoms with Crippen molar-refractivity contribution in [3.63, 3.8) is 0 Å². The highest BCUT2D eigenvalue weighted by Crippen LogP contribution is 2.65. The first-order valence-corrected chi connectivity index (χ1v) is 7.57. The summed E-state index contributed by atoms with van der Waals surface area (Å²) >= 11 is -1.30. The molecule has 18 heavy (non-hydrogen) atoms. The maximum Gasteiger partial charge on any atom is 0.239 e. The van der Waals surface area contributed by atoms with Crippen molar-refractivity contribution in [3.05, 3.63) is 35.9 Å². The third-order valence-corrected chi connectivity index (χ3v) is 5.84. The van der Waals surface area contributed by atoms with Crippen molar-refractivity contribution in [2.45, 2.75) is 50.8 Å². The molecule has 0 amide bonds. The van der Waals surface area contributed by atoms with Crippen LogP contribution in [-0.4, -0.2) is 20.2 Å². The lowest BCUT2D eigenvalue weighted by molar-refractivity contribution is 0.0640. The maximum atomic E-state index is 12.1. The first kappa shape index (κ1) is 12.3. The lowest BCUT2D eigenvalue weighted by Gasteiger charge is -2.32. The zero-order chi connectivity index (χ0) is 13.0. The van der Waals surface area contributed by atoms with Crippen LogP contribution in [0.3, 0.4) is 0 Å². The van der Waals surface area contributed by atoms with Crippen LogP contribution in [0.15, 0.2) is 30.3 Å². The lowest BCUT2D eigenvalue weighted by Crippen LogP contribution is -2.41. The van der Waals surface area contributed by atoms with E-state index in [0.29, 0.717) is 0 Å². The fourth-order valence-corrected chi connectivity index (χ4v) is 5.31. The third kappa shape index (κ3) is 1.29. The number of hydrogen-bond acceptors (Lipinski definition) is 2. The fourth-order valence-electron chi connectivity index (χ4n) is 3.66. The molecule has 0 spiro atoms. The number of hydrogen-bond donors (Lipinski definition) is 0. The second-order valence-electron chi connectivity index (χ2n) is 5.42. The van der Waals surface area contributed by atoms with Crippen LogP contribution in [0.2, 0.25) is 0 Å². The van der Waals surface area contributed by atoms with Gasteiger partial charge >= 0.3 is 0 Å². The van der Waals surface area contributed by atoms with Gasteiger partial charge in [0.15, 0.2) is 0 Å². The van der Waals surface area contributed by atoms with Crippen molar-refractivity contribution < 1.29 is 8.39 Å². The first-order chi connectivity index (χ1) is 8.58. The molecule has 5 atom stereocenters. The number of rotatable bonds is 3. The predicted octanol–water partition coefficient (Wildman–Crippen LogP) is 2.75. The largest absolute Gasteiger partial charge is 0.269 e. The minimum atomic E-state index is -1.30. The van der Waals surface area contributed by atoms with Crippen molar-refractivity contribution in [1.82, 2.24) is 4.31 Å². The molecule has 0 aromatic heterocycles. The van der Waals surface area contributed by atoms with Gasteiger partial charge in [-0.15, -0.1) is 0 Å². The maximum absolute atomic E-state index is 12.1. The second-order valence-corrected chi connectivity index (χ2v) is 6.41. The zero-order valence-electron chi connectivity index (χ0n) is 11.1. The molecule has 2 fully saturated rings. The highest BCUT2D eigenvalue weighted by atomic mass is 32.2. The highest BCUT2D eigenvalue weighted by Gasteiger charge is 2.78. The van der Waals surface area contributed by atoms with Crippen LogP contribution in [-0.2, 0) is 21.0 Å². The molecule has 3 nitrogen and oxygen atoms in total. The molecule has 0 saturated carbocycles. The summed E-state index contributed by atoms with van der Waals surface area (Å²) in [4.78, 5) is 0. The number of fused-ring (bicyclic) bond motifs is 1. The Labute approximate surface area is 111 Å². The Bertz CT molecular complexity index is 492. The number of benzene rings is 1. The lowest BCUT2D eigenvalue weighted by atomic mass is 9.77. The van der Waals surface area contributed by atoms with Gasteiger partial charge in [-0.1, -0.05) is 43.7 Å². The van der Waals surface area contributed by atoms with E-state index in [0.717, 1.165) is 12.8 Å². The second kappa shape index (κ2) is 3.89. The average molecular weight is 265 g/mol. The van der Waals surface area contributed by atoms with Gasteiger partial charge in [-0.3, -0.25) is 4.18 Å². The van der Waals surface area contributed by atoms with E-state index < -0.39 is 11.3 Å². The summed E-state index contributed by atoms with van der Waals surface area (Å²) in [7, 11) is 0. The SMILES string of the molecule is CCC[C@@]1(C)OS(=O)N2[C@@H](C)[C@@]21c1ccccc1. The van der Waals surface area contributed by atoms with Crippen molar-refractivity contribution in [1.29, 1.82) is 0 Å². The molecule has 0 N–H and O–H groups in total. The van der Waals surface area contributed by atoms with E-state index in [2.05, 4.69) is 32.9 Å². The van der Waals surface area contributed by atoms with Gasteiger partial charge < -0.3 is 0 Å². The van der Waals surface area contributed by atoms with Crippen LogP contribution in [0.1, 0.15) is 39.2 Å². The van der Waals surface area contributed by atoms with Crippen molar-refractivity contribution in [3.8, 4) is 0 Å². The van der Waals surface area contributed by atoms with Crippen molar-refractivity contribution in [2.75, 3.05) is 0 Å². The van der Waals surface area contributed by atoms with Crippen molar-refractivity contribution >= 4 is 11.3 Å². The Morgan fingerprint density at radius 1 is 1.39 bits per heavy atom. The van der Waals surface area contributed by atoms with Gasteiger partial charge in [0.1, 0.15) is 11.1 Å². The van der Waals surface area contributed by atoms with Gasteiger partial charge in [0.25, 0.3) is 0 Å². The Balaban J connectivity index is 2.11. The van der Waals surface area contributed by atoms with E-state index in [1.165, 1.54) is 5.56 Å². The van der Waals surface area contributed by atoms with Gasteiger partial charge in [0, 0.05) is 6.04 Å². The molecule has 1 aromatic carbocycles. The Hall–Kier alpha value is -0.710. The molecule has 2 heterocycles.